The molecule has 0 atom stereocenters. The summed E-state index contributed by atoms with van der Waals surface area (Å²) >= 11 is 0. The molecule has 1 heterocycles. The molecule has 0 saturated heterocycles. The van der Waals surface area contributed by atoms with Crippen molar-refractivity contribution in [2.75, 3.05) is 6.61 Å². The summed E-state index contributed by atoms with van der Waals surface area (Å²) in [4.78, 5) is 20.1. The number of aryl methyl sites for hydroxylation is 1. The number of pyridine rings is 1. The van der Waals surface area contributed by atoms with Gasteiger partial charge in [0.1, 0.15) is 11.6 Å². The highest BCUT2D eigenvalue weighted by Gasteiger charge is 2.07. The van der Waals surface area contributed by atoms with Gasteiger partial charge in [-0.05, 0) is 44.0 Å². The van der Waals surface area contributed by atoms with Crippen LogP contribution in [0.5, 0.6) is 5.75 Å². The van der Waals surface area contributed by atoms with Gasteiger partial charge in [0.15, 0.2) is 0 Å². The van der Waals surface area contributed by atoms with Crippen LogP contribution in [0.1, 0.15) is 37.6 Å². The maximum absolute atomic E-state index is 12.0. The van der Waals surface area contributed by atoms with Gasteiger partial charge in [0.05, 0.1) is 13.0 Å². The highest BCUT2D eigenvalue weighted by atomic mass is 16.5. The molecule has 0 fully saturated rings. The van der Waals surface area contributed by atoms with E-state index in [0.717, 1.165) is 17.0 Å². The molecule has 1 amide bonds. The molecule has 2 rings (SSSR count). The molecule has 0 unspecified atom stereocenters. The lowest BCUT2D eigenvalue weighted by Gasteiger charge is -2.15. The highest BCUT2D eigenvalue weighted by Crippen LogP contribution is 2.21. The zero-order valence-electron chi connectivity index (χ0n) is 17.6. The molecule has 2 aromatic rings. The summed E-state index contributed by atoms with van der Waals surface area (Å²) < 4.78 is 5.92. The Kier molecular flexibility index (Phi) is 8.40. The number of carbonyl (C=O) groups is 1. The monoisotopic (exact) mass is 394 g/mol. The summed E-state index contributed by atoms with van der Waals surface area (Å²) in [5.41, 5.74) is 9.62. The average molecular weight is 395 g/mol. The Balaban J connectivity index is 1.97. The molecule has 0 saturated carbocycles. The molecule has 0 bridgehead atoms. The molecule has 6 heteroatoms. The Hall–Kier alpha value is -3.15. The van der Waals surface area contributed by atoms with Crippen molar-refractivity contribution in [3.63, 3.8) is 0 Å². The third kappa shape index (κ3) is 8.17. The van der Waals surface area contributed by atoms with Gasteiger partial charge in [-0.15, -0.1) is 0 Å². The van der Waals surface area contributed by atoms with Gasteiger partial charge in [-0.25, -0.2) is 0 Å². The fourth-order valence-electron chi connectivity index (χ4n) is 2.62. The maximum Gasteiger partial charge on any atom is 0.253 e. The Morgan fingerprint density at radius 3 is 2.79 bits per heavy atom. The number of rotatable bonds is 9. The third-order valence-corrected chi connectivity index (χ3v) is 4.02. The van der Waals surface area contributed by atoms with Gasteiger partial charge in [0.25, 0.3) is 5.91 Å². The molecule has 0 aliphatic rings. The highest BCUT2D eigenvalue weighted by molar-refractivity contribution is 6.00. The molecule has 1 aromatic heterocycles. The summed E-state index contributed by atoms with van der Waals surface area (Å²) in [5.74, 6) is 1.17. The first-order valence-electron chi connectivity index (χ1n) is 9.75. The summed E-state index contributed by atoms with van der Waals surface area (Å²) in [6.45, 7) is 9.44. The van der Waals surface area contributed by atoms with Crippen LogP contribution in [0.3, 0.4) is 0 Å². The fourth-order valence-corrected chi connectivity index (χ4v) is 2.62. The number of benzene rings is 1. The lowest BCUT2D eigenvalue weighted by atomic mass is 10.1. The van der Waals surface area contributed by atoms with E-state index in [9.17, 15) is 4.79 Å². The quantitative estimate of drug-likeness (QED) is 0.501. The number of amides is 1. The fraction of sp³-hybridized carbons (Fsp3) is 0.348. The van der Waals surface area contributed by atoms with Crippen molar-refractivity contribution in [2.45, 2.75) is 40.7 Å². The van der Waals surface area contributed by atoms with Gasteiger partial charge < -0.3 is 15.8 Å². The van der Waals surface area contributed by atoms with Crippen LogP contribution < -0.4 is 15.8 Å². The number of allylic oxidation sites excluding steroid dienone is 1. The first kappa shape index (κ1) is 22.1. The van der Waals surface area contributed by atoms with E-state index in [0.29, 0.717) is 24.8 Å². The van der Waals surface area contributed by atoms with Gasteiger partial charge in [-0.2, -0.15) is 4.99 Å². The molecular formula is C23H30N4O2. The summed E-state index contributed by atoms with van der Waals surface area (Å²) in [6, 6.07) is 11.6. The number of nitrogens with one attached hydrogen (secondary N) is 1. The molecule has 0 spiro atoms. The SMILES string of the molecule is C/C(=C/C(N)=NC(=O)Cc1ccccn1)NCc1cc(C)ccc1OCC(C)C. The maximum atomic E-state index is 12.0. The van der Waals surface area contributed by atoms with E-state index in [-0.39, 0.29) is 18.2 Å². The van der Waals surface area contributed by atoms with Crippen molar-refractivity contribution in [3.8, 4) is 5.75 Å². The number of nitrogens with two attached hydrogens (primary N) is 1. The molecule has 29 heavy (non-hydrogen) atoms. The second-order valence-electron chi connectivity index (χ2n) is 7.43. The van der Waals surface area contributed by atoms with Crippen LogP contribution in [0.2, 0.25) is 0 Å². The second-order valence-corrected chi connectivity index (χ2v) is 7.43. The molecule has 3 N–H and O–H groups in total. The molecule has 0 radical (unpaired) electrons. The van der Waals surface area contributed by atoms with Crippen LogP contribution in [0.15, 0.2) is 59.4 Å². The molecule has 1 aromatic carbocycles. The number of hydrogen-bond acceptors (Lipinski definition) is 4. The largest absolute Gasteiger partial charge is 0.493 e. The van der Waals surface area contributed by atoms with E-state index in [1.807, 2.05) is 25.1 Å². The zero-order chi connectivity index (χ0) is 21.2. The number of nitrogens with zero attached hydrogens (tertiary/aromatic N) is 2. The Morgan fingerprint density at radius 2 is 2.10 bits per heavy atom. The van der Waals surface area contributed by atoms with Crippen molar-refractivity contribution in [2.24, 2.45) is 16.6 Å². The summed E-state index contributed by atoms with van der Waals surface area (Å²) in [5, 5.41) is 3.30. The van der Waals surface area contributed by atoms with Crippen molar-refractivity contribution >= 4 is 11.7 Å². The first-order chi connectivity index (χ1) is 13.8. The van der Waals surface area contributed by atoms with Crippen LogP contribution in [-0.4, -0.2) is 23.3 Å². The number of hydrogen-bond donors (Lipinski definition) is 2. The number of carbonyl (C=O) groups excluding carboxylic acids is 1. The minimum absolute atomic E-state index is 0.127. The van der Waals surface area contributed by atoms with Crippen molar-refractivity contribution in [1.29, 1.82) is 0 Å². The standard InChI is InChI=1S/C23H30N4O2/c1-16(2)15-29-21-9-8-17(3)11-19(21)14-26-18(4)12-22(24)27-23(28)13-20-7-5-6-10-25-20/h5-12,16,26H,13-15H2,1-4H3,(H2,24,27,28)/b18-12-. The molecule has 0 aliphatic carbocycles. The predicted octanol–water partition coefficient (Wildman–Crippen LogP) is 3.54. The van der Waals surface area contributed by atoms with Crippen LogP contribution in [0, 0.1) is 12.8 Å². The predicted molar refractivity (Wildman–Crippen MR) is 117 cm³/mol. The Morgan fingerprint density at radius 1 is 1.31 bits per heavy atom. The molecule has 6 nitrogen and oxygen atoms in total. The second kappa shape index (κ2) is 11.0. The number of aliphatic imine (C=N–C) groups is 1. The van der Waals surface area contributed by atoms with Crippen LogP contribution in [-0.2, 0) is 17.8 Å². The van der Waals surface area contributed by atoms with E-state index in [4.69, 9.17) is 10.5 Å². The Bertz CT molecular complexity index is 874. The minimum Gasteiger partial charge on any atom is -0.493 e. The lowest BCUT2D eigenvalue weighted by Crippen LogP contribution is -2.18. The van der Waals surface area contributed by atoms with Crippen LogP contribution in [0.25, 0.3) is 0 Å². The van der Waals surface area contributed by atoms with Crippen LogP contribution in [0.4, 0.5) is 0 Å². The molecule has 0 aliphatic heterocycles. The number of aromatic nitrogens is 1. The van der Waals surface area contributed by atoms with Gasteiger partial charge in [0.2, 0.25) is 0 Å². The summed E-state index contributed by atoms with van der Waals surface area (Å²) in [7, 11) is 0. The minimum atomic E-state index is -0.326. The first-order valence-corrected chi connectivity index (χ1v) is 9.75. The molecule has 154 valence electrons. The summed E-state index contributed by atoms with van der Waals surface area (Å²) in [6.07, 6.45) is 3.43. The van der Waals surface area contributed by atoms with Gasteiger partial charge in [-0.1, -0.05) is 37.6 Å². The van der Waals surface area contributed by atoms with Crippen LogP contribution >= 0.6 is 0 Å². The van der Waals surface area contributed by atoms with E-state index in [2.05, 4.69) is 42.1 Å². The van der Waals surface area contributed by atoms with E-state index in [1.165, 1.54) is 5.56 Å². The normalized spacial score (nSPS) is 12.2. The van der Waals surface area contributed by atoms with Gasteiger partial charge in [-0.3, -0.25) is 9.78 Å². The van der Waals surface area contributed by atoms with Gasteiger partial charge >= 0.3 is 0 Å². The molecular weight excluding hydrogens is 364 g/mol. The topological polar surface area (TPSA) is 89.6 Å². The van der Waals surface area contributed by atoms with Gasteiger partial charge in [0, 0.05) is 29.7 Å². The Labute approximate surface area is 172 Å². The van der Waals surface area contributed by atoms with E-state index < -0.39 is 0 Å². The van der Waals surface area contributed by atoms with Crippen molar-refractivity contribution < 1.29 is 9.53 Å². The zero-order valence-corrected chi connectivity index (χ0v) is 17.6. The average Bonchev–Trinajstić information content (AvgIpc) is 2.66. The van der Waals surface area contributed by atoms with E-state index in [1.54, 1.807) is 24.4 Å². The third-order valence-electron chi connectivity index (χ3n) is 4.02. The smallest absolute Gasteiger partial charge is 0.253 e. The van der Waals surface area contributed by atoms with Crippen molar-refractivity contribution in [1.82, 2.24) is 10.3 Å². The van der Waals surface area contributed by atoms with Crippen molar-refractivity contribution in [3.05, 3.63) is 71.2 Å². The van der Waals surface area contributed by atoms with E-state index >= 15 is 0 Å². The number of ether oxygens (including phenoxy) is 1. The number of amidine groups is 1. The lowest BCUT2D eigenvalue weighted by molar-refractivity contribution is -0.117.